The van der Waals surface area contributed by atoms with E-state index in [1.54, 1.807) is 0 Å². The van der Waals surface area contributed by atoms with E-state index >= 15 is 0 Å². The van der Waals surface area contributed by atoms with Crippen LogP contribution in [-0.4, -0.2) is 47.8 Å². The first kappa shape index (κ1) is 18.7. The topological polar surface area (TPSA) is 63.4 Å². The molecule has 1 unspecified atom stereocenters. The molecule has 0 aliphatic carbocycles. The molecule has 1 N–H and O–H groups in total. The summed E-state index contributed by atoms with van der Waals surface area (Å²) in [5.41, 5.74) is 0.940. The van der Waals surface area contributed by atoms with Gasteiger partial charge in [-0.1, -0.05) is 5.16 Å². The zero-order chi connectivity index (χ0) is 16.1. The summed E-state index contributed by atoms with van der Waals surface area (Å²) in [6.45, 7) is 5.45. The molecule has 1 saturated heterocycles. The van der Waals surface area contributed by atoms with Gasteiger partial charge in [0, 0.05) is 18.2 Å². The van der Waals surface area contributed by atoms with Crippen LogP contribution in [0.2, 0.25) is 0 Å². The highest BCUT2D eigenvalue weighted by Gasteiger charge is 2.20. The van der Waals surface area contributed by atoms with Crippen LogP contribution in [0.15, 0.2) is 28.8 Å². The Morgan fingerprint density at radius 3 is 2.83 bits per heavy atom. The Morgan fingerprint density at radius 2 is 2.12 bits per heavy atom. The van der Waals surface area contributed by atoms with Gasteiger partial charge in [-0.2, -0.15) is 4.98 Å². The van der Waals surface area contributed by atoms with Gasteiger partial charge < -0.3 is 14.6 Å². The minimum absolute atomic E-state index is 0. The van der Waals surface area contributed by atoms with Crippen LogP contribution < -0.4 is 10.1 Å². The molecule has 1 atom stereocenters. The number of nitrogens with one attached hydrogen (secondary N) is 1. The fourth-order valence-electron chi connectivity index (χ4n) is 2.93. The molecule has 0 radical (unpaired) electrons. The second-order valence-corrected chi connectivity index (χ2v) is 5.83. The van der Waals surface area contributed by atoms with Gasteiger partial charge in [0.1, 0.15) is 5.75 Å². The number of nitrogens with zero attached hydrogens (tertiary/aromatic N) is 3. The molecule has 1 aliphatic rings. The van der Waals surface area contributed by atoms with Crippen molar-refractivity contribution < 1.29 is 9.26 Å². The molecule has 24 heavy (non-hydrogen) atoms. The summed E-state index contributed by atoms with van der Waals surface area (Å²) in [6, 6.07) is 8.32. The van der Waals surface area contributed by atoms with Crippen molar-refractivity contribution in [1.29, 1.82) is 0 Å². The molecule has 0 saturated carbocycles. The number of likely N-dealkylation sites (N-methyl/N-ethyl adjacent to an activating group) is 1. The molecular formula is C17H25ClN4O2. The van der Waals surface area contributed by atoms with Gasteiger partial charge in [0.2, 0.25) is 11.7 Å². The predicted octanol–water partition coefficient (Wildman–Crippen LogP) is 2.74. The number of ether oxygens (including phenoxy) is 1. The third-order valence-corrected chi connectivity index (χ3v) is 4.16. The van der Waals surface area contributed by atoms with E-state index in [1.165, 1.54) is 12.8 Å². The van der Waals surface area contributed by atoms with E-state index in [0.29, 0.717) is 30.9 Å². The predicted molar refractivity (Wildman–Crippen MR) is 95.5 cm³/mol. The van der Waals surface area contributed by atoms with Gasteiger partial charge in [-0.25, -0.2) is 0 Å². The molecule has 0 amide bonds. The van der Waals surface area contributed by atoms with E-state index in [1.807, 2.05) is 38.2 Å². The zero-order valence-electron chi connectivity index (χ0n) is 14.2. The second-order valence-electron chi connectivity index (χ2n) is 5.83. The molecule has 1 aromatic heterocycles. The van der Waals surface area contributed by atoms with Crippen LogP contribution in [-0.2, 0) is 6.54 Å². The van der Waals surface area contributed by atoms with Gasteiger partial charge in [0.05, 0.1) is 13.2 Å². The molecule has 2 heterocycles. The maximum atomic E-state index is 5.45. The van der Waals surface area contributed by atoms with Gasteiger partial charge in [0.15, 0.2) is 0 Å². The number of benzene rings is 1. The van der Waals surface area contributed by atoms with Crippen LogP contribution in [0.4, 0.5) is 0 Å². The Kier molecular flexibility index (Phi) is 7.02. The van der Waals surface area contributed by atoms with E-state index in [2.05, 4.69) is 20.4 Å². The summed E-state index contributed by atoms with van der Waals surface area (Å²) in [7, 11) is 2.02. The van der Waals surface area contributed by atoms with Crippen molar-refractivity contribution in [3.05, 3.63) is 30.2 Å². The number of halogens is 1. The molecular weight excluding hydrogens is 328 g/mol. The number of aromatic nitrogens is 2. The zero-order valence-corrected chi connectivity index (χ0v) is 15.0. The van der Waals surface area contributed by atoms with Gasteiger partial charge in [-0.05, 0) is 57.6 Å². The number of rotatable bonds is 6. The monoisotopic (exact) mass is 352 g/mol. The number of piperidine rings is 1. The molecule has 0 spiro atoms. The van der Waals surface area contributed by atoms with Gasteiger partial charge >= 0.3 is 0 Å². The normalized spacial score (nSPS) is 18.2. The van der Waals surface area contributed by atoms with Crippen molar-refractivity contribution in [2.24, 2.45) is 0 Å². The van der Waals surface area contributed by atoms with Crippen molar-refractivity contribution >= 4 is 12.4 Å². The standard InChI is InChI=1S/C17H24N4O2.ClH/c1-3-22-15-8-6-13(7-9-15)17-19-16(23-20-17)12-21-10-4-5-14(11-21)18-2;/h6-9,14,18H,3-5,10-12H2,1-2H3;1H. The number of hydrogen-bond acceptors (Lipinski definition) is 6. The highest BCUT2D eigenvalue weighted by molar-refractivity contribution is 5.85. The maximum Gasteiger partial charge on any atom is 0.241 e. The summed E-state index contributed by atoms with van der Waals surface area (Å²) < 4.78 is 10.9. The Balaban J connectivity index is 0.00000208. The summed E-state index contributed by atoms with van der Waals surface area (Å²) in [4.78, 5) is 6.88. The third-order valence-electron chi connectivity index (χ3n) is 4.16. The lowest BCUT2D eigenvalue weighted by Gasteiger charge is -2.31. The first-order valence-corrected chi connectivity index (χ1v) is 8.24. The van der Waals surface area contributed by atoms with Crippen LogP contribution in [0, 0.1) is 0 Å². The lowest BCUT2D eigenvalue weighted by molar-refractivity contribution is 0.167. The van der Waals surface area contributed by atoms with Crippen LogP contribution >= 0.6 is 12.4 Å². The second kappa shape index (κ2) is 9.01. The highest BCUT2D eigenvalue weighted by atomic mass is 35.5. The van der Waals surface area contributed by atoms with E-state index < -0.39 is 0 Å². The third kappa shape index (κ3) is 4.69. The van der Waals surface area contributed by atoms with E-state index in [9.17, 15) is 0 Å². The van der Waals surface area contributed by atoms with Crippen molar-refractivity contribution in [1.82, 2.24) is 20.4 Å². The molecule has 2 aromatic rings. The van der Waals surface area contributed by atoms with Gasteiger partial charge in [-0.15, -0.1) is 12.4 Å². The summed E-state index contributed by atoms with van der Waals surface area (Å²) in [6.07, 6.45) is 2.43. The molecule has 1 aromatic carbocycles. The van der Waals surface area contributed by atoms with E-state index in [4.69, 9.17) is 9.26 Å². The van der Waals surface area contributed by atoms with Crippen molar-refractivity contribution in [2.75, 3.05) is 26.7 Å². The number of likely N-dealkylation sites (tertiary alicyclic amines) is 1. The Morgan fingerprint density at radius 1 is 1.33 bits per heavy atom. The van der Waals surface area contributed by atoms with Gasteiger partial charge in [0.25, 0.3) is 0 Å². The lowest BCUT2D eigenvalue weighted by atomic mass is 10.1. The number of hydrogen-bond donors (Lipinski definition) is 1. The van der Waals surface area contributed by atoms with Crippen LogP contribution in [0.5, 0.6) is 5.75 Å². The Bertz CT molecular complexity index is 617. The lowest BCUT2D eigenvalue weighted by Crippen LogP contribution is -2.43. The minimum atomic E-state index is 0. The summed E-state index contributed by atoms with van der Waals surface area (Å²) in [5.74, 6) is 2.15. The average Bonchev–Trinajstić information content (AvgIpc) is 3.04. The SMILES string of the molecule is CCOc1ccc(-c2noc(CN3CCCC(NC)C3)n2)cc1.Cl. The Hall–Kier alpha value is -1.63. The smallest absolute Gasteiger partial charge is 0.241 e. The quantitative estimate of drug-likeness (QED) is 0.862. The van der Waals surface area contributed by atoms with Crippen LogP contribution in [0.1, 0.15) is 25.7 Å². The molecule has 1 fully saturated rings. The van der Waals surface area contributed by atoms with Crippen molar-refractivity contribution in [3.8, 4) is 17.1 Å². The fourth-order valence-corrected chi connectivity index (χ4v) is 2.93. The molecule has 0 bridgehead atoms. The minimum Gasteiger partial charge on any atom is -0.494 e. The molecule has 7 heteroatoms. The van der Waals surface area contributed by atoms with Crippen LogP contribution in [0.25, 0.3) is 11.4 Å². The fraction of sp³-hybridized carbons (Fsp3) is 0.529. The molecule has 6 nitrogen and oxygen atoms in total. The van der Waals surface area contributed by atoms with E-state index in [-0.39, 0.29) is 12.4 Å². The maximum absolute atomic E-state index is 5.45. The first-order valence-electron chi connectivity index (χ1n) is 8.24. The average molecular weight is 353 g/mol. The van der Waals surface area contributed by atoms with Crippen molar-refractivity contribution in [3.63, 3.8) is 0 Å². The van der Waals surface area contributed by atoms with E-state index in [0.717, 1.165) is 24.4 Å². The molecule has 1 aliphatic heterocycles. The molecule has 3 rings (SSSR count). The van der Waals surface area contributed by atoms with Crippen LogP contribution in [0.3, 0.4) is 0 Å². The molecule has 132 valence electrons. The summed E-state index contributed by atoms with van der Waals surface area (Å²) >= 11 is 0. The Labute approximate surface area is 149 Å². The largest absolute Gasteiger partial charge is 0.494 e. The van der Waals surface area contributed by atoms with Gasteiger partial charge in [-0.3, -0.25) is 4.90 Å². The van der Waals surface area contributed by atoms with Crippen molar-refractivity contribution in [2.45, 2.75) is 32.4 Å². The highest BCUT2D eigenvalue weighted by Crippen LogP contribution is 2.21. The first-order chi connectivity index (χ1) is 11.3. The summed E-state index contributed by atoms with van der Waals surface area (Å²) in [5, 5.41) is 7.44.